The standard InChI is InChI=1S/C26H33NO6/c1-6-31-19(4)33-22-11-8-20(9-12-22)10-13-24(29)23-17-26(32-7-2)25(30-5)16-21(23)14-15-27-18(3)28/h8-13,16-17,19H,6-7,14-15H2,1-5H3,(H,27,28)/b13-10+. The highest BCUT2D eigenvalue weighted by Crippen LogP contribution is 2.32. The van der Waals surface area contributed by atoms with Crippen molar-refractivity contribution in [1.29, 1.82) is 0 Å². The van der Waals surface area contributed by atoms with Gasteiger partial charge in [0.15, 0.2) is 23.6 Å². The van der Waals surface area contributed by atoms with Crippen LogP contribution in [0.25, 0.3) is 6.08 Å². The zero-order chi connectivity index (χ0) is 24.2. The van der Waals surface area contributed by atoms with Crippen LogP contribution < -0.4 is 19.5 Å². The lowest BCUT2D eigenvalue weighted by molar-refractivity contribution is -0.118. The molecule has 2 aromatic rings. The zero-order valence-corrected chi connectivity index (χ0v) is 20.0. The molecule has 178 valence electrons. The van der Waals surface area contributed by atoms with Gasteiger partial charge in [0.25, 0.3) is 0 Å². The van der Waals surface area contributed by atoms with Crippen molar-refractivity contribution in [3.05, 3.63) is 59.2 Å². The van der Waals surface area contributed by atoms with Crippen LogP contribution >= 0.6 is 0 Å². The van der Waals surface area contributed by atoms with E-state index in [0.717, 1.165) is 11.1 Å². The second-order valence-corrected chi connectivity index (χ2v) is 7.23. The van der Waals surface area contributed by atoms with Gasteiger partial charge in [-0.05, 0) is 68.7 Å². The van der Waals surface area contributed by atoms with Crippen LogP contribution in [0.5, 0.6) is 17.2 Å². The number of carbonyl (C=O) groups excluding carboxylic acids is 2. The van der Waals surface area contributed by atoms with Crippen molar-refractivity contribution in [1.82, 2.24) is 5.32 Å². The molecule has 1 atom stereocenters. The van der Waals surface area contributed by atoms with Crippen molar-refractivity contribution in [2.75, 3.05) is 26.9 Å². The average molecular weight is 456 g/mol. The van der Waals surface area contributed by atoms with Gasteiger partial charge < -0.3 is 24.3 Å². The zero-order valence-electron chi connectivity index (χ0n) is 20.0. The number of hydrogen-bond acceptors (Lipinski definition) is 6. The van der Waals surface area contributed by atoms with Gasteiger partial charge in [-0.15, -0.1) is 0 Å². The van der Waals surface area contributed by atoms with Crippen molar-refractivity contribution < 1.29 is 28.5 Å². The molecule has 33 heavy (non-hydrogen) atoms. The van der Waals surface area contributed by atoms with Crippen LogP contribution in [0.2, 0.25) is 0 Å². The fourth-order valence-electron chi connectivity index (χ4n) is 3.22. The van der Waals surface area contributed by atoms with Gasteiger partial charge in [-0.1, -0.05) is 18.2 Å². The van der Waals surface area contributed by atoms with Gasteiger partial charge in [0.05, 0.1) is 13.7 Å². The molecule has 0 saturated heterocycles. The first-order chi connectivity index (χ1) is 15.9. The molecule has 0 aromatic heterocycles. The van der Waals surface area contributed by atoms with Crippen molar-refractivity contribution in [2.45, 2.75) is 40.4 Å². The fourth-order valence-corrected chi connectivity index (χ4v) is 3.22. The highest BCUT2D eigenvalue weighted by atomic mass is 16.7. The van der Waals surface area contributed by atoms with E-state index >= 15 is 0 Å². The molecule has 2 rings (SSSR count). The molecule has 0 radical (unpaired) electrons. The molecule has 2 aromatic carbocycles. The van der Waals surface area contributed by atoms with Gasteiger partial charge in [-0.25, -0.2) is 0 Å². The molecule has 0 saturated carbocycles. The Morgan fingerprint density at radius 2 is 1.79 bits per heavy atom. The topological polar surface area (TPSA) is 83.1 Å². The molecule has 7 nitrogen and oxygen atoms in total. The van der Waals surface area contributed by atoms with Crippen LogP contribution in [0.1, 0.15) is 49.2 Å². The average Bonchev–Trinajstić information content (AvgIpc) is 2.79. The third-order valence-electron chi connectivity index (χ3n) is 4.73. The molecule has 1 N–H and O–H groups in total. The van der Waals surface area contributed by atoms with E-state index in [4.69, 9.17) is 18.9 Å². The maximum Gasteiger partial charge on any atom is 0.216 e. The van der Waals surface area contributed by atoms with Gasteiger partial charge in [-0.2, -0.15) is 0 Å². The summed E-state index contributed by atoms with van der Waals surface area (Å²) in [5.41, 5.74) is 2.14. The Kier molecular flexibility index (Phi) is 10.4. The van der Waals surface area contributed by atoms with E-state index < -0.39 is 0 Å². The second-order valence-electron chi connectivity index (χ2n) is 7.23. The van der Waals surface area contributed by atoms with Gasteiger partial charge in [0, 0.05) is 25.6 Å². The number of hydrogen-bond donors (Lipinski definition) is 1. The van der Waals surface area contributed by atoms with Crippen molar-refractivity contribution in [2.24, 2.45) is 0 Å². The SMILES string of the molecule is CCOc1cc(C(=O)/C=C/c2ccc(OC(C)OCC)cc2)c(CCNC(C)=O)cc1OC. The van der Waals surface area contributed by atoms with Crippen LogP contribution in [-0.4, -0.2) is 44.8 Å². The van der Waals surface area contributed by atoms with Gasteiger partial charge >= 0.3 is 0 Å². The lowest BCUT2D eigenvalue weighted by Gasteiger charge is -2.15. The van der Waals surface area contributed by atoms with Crippen LogP contribution in [0.15, 0.2) is 42.5 Å². The summed E-state index contributed by atoms with van der Waals surface area (Å²) < 4.78 is 22.1. The Morgan fingerprint density at radius 1 is 1.06 bits per heavy atom. The molecule has 1 amide bonds. The van der Waals surface area contributed by atoms with Crippen LogP contribution in [0.4, 0.5) is 0 Å². The number of allylic oxidation sites excluding steroid dienone is 1. The van der Waals surface area contributed by atoms with E-state index in [0.29, 0.717) is 49.0 Å². The molecule has 0 heterocycles. The Labute approximate surface area is 195 Å². The Balaban J connectivity index is 2.22. The predicted octanol–water partition coefficient (Wildman–Crippen LogP) is 4.43. The molecule has 0 fully saturated rings. The number of carbonyl (C=O) groups is 2. The van der Waals surface area contributed by atoms with Crippen LogP contribution in [0.3, 0.4) is 0 Å². The highest BCUT2D eigenvalue weighted by molar-refractivity contribution is 6.08. The molecule has 0 aliphatic rings. The number of methoxy groups -OCH3 is 1. The Hall–Kier alpha value is -3.32. The first-order valence-electron chi connectivity index (χ1n) is 11.1. The minimum absolute atomic E-state index is 0.122. The summed E-state index contributed by atoms with van der Waals surface area (Å²) in [6.07, 6.45) is 3.43. The molecule has 0 aliphatic heterocycles. The number of ether oxygens (including phenoxy) is 4. The summed E-state index contributed by atoms with van der Waals surface area (Å²) in [7, 11) is 1.55. The quantitative estimate of drug-likeness (QED) is 0.273. The van der Waals surface area contributed by atoms with E-state index in [9.17, 15) is 9.59 Å². The van der Waals surface area contributed by atoms with Gasteiger partial charge in [0.1, 0.15) is 5.75 Å². The number of ketones is 1. The predicted molar refractivity (Wildman–Crippen MR) is 128 cm³/mol. The van der Waals surface area contributed by atoms with Crippen molar-refractivity contribution in [3.8, 4) is 17.2 Å². The van der Waals surface area contributed by atoms with Crippen LogP contribution in [0, 0.1) is 0 Å². The maximum atomic E-state index is 13.1. The minimum Gasteiger partial charge on any atom is -0.493 e. The molecule has 0 spiro atoms. The lowest BCUT2D eigenvalue weighted by atomic mass is 9.99. The summed E-state index contributed by atoms with van der Waals surface area (Å²) in [5, 5.41) is 2.76. The Morgan fingerprint density at radius 3 is 2.39 bits per heavy atom. The summed E-state index contributed by atoms with van der Waals surface area (Å²) >= 11 is 0. The normalized spacial score (nSPS) is 11.8. The van der Waals surface area contributed by atoms with E-state index in [1.807, 2.05) is 45.0 Å². The first kappa shape index (κ1) is 25.9. The Bertz CT molecular complexity index is 952. The van der Waals surface area contributed by atoms with E-state index in [1.54, 1.807) is 25.3 Å². The minimum atomic E-state index is -0.330. The largest absolute Gasteiger partial charge is 0.493 e. The summed E-state index contributed by atoms with van der Waals surface area (Å²) in [6.45, 7) is 8.52. The third kappa shape index (κ3) is 8.27. The van der Waals surface area contributed by atoms with E-state index in [-0.39, 0.29) is 18.0 Å². The summed E-state index contributed by atoms with van der Waals surface area (Å²) in [4.78, 5) is 24.3. The second kappa shape index (κ2) is 13.3. The fraction of sp³-hybridized carbons (Fsp3) is 0.385. The first-order valence-corrected chi connectivity index (χ1v) is 11.1. The van der Waals surface area contributed by atoms with Gasteiger partial charge in [-0.3, -0.25) is 9.59 Å². The van der Waals surface area contributed by atoms with Crippen molar-refractivity contribution >= 4 is 17.8 Å². The molecule has 0 aliphatic carbocycles. The summed E-state index contributed by atoms with van der Waals surface area (Å²) in [5.74, 6) is 1.46. The third-order valence-corrected chi connectivity index (χ3v) is 4.73. The van der Waals surface area contributed by atoms with Gasteiger partial charge in [0.2, 0.25) is 5.91 Å². The molecule has 0 bridgehead atoms. The number of rotatable bonds is 13. The molecule has 7 heteroatoms. The van der Waals surface area contributed by atoms with E-state index in [2.05, 4.69) is 5.32 Å². The number of amides is 1. The highest BCUT2D eigenvalue weighted by Gasteiger charge is 2.16. The molecular formula is C26H33NO6. The smallest absolute Gasteiger partial charge is 0.216 e. The number of nitrogens with one attached hydrogen (secondary N) is 1. The maximum absolute atomic E-state index is 13.1. The number of benzene rings is 2. The van der Waals surface area contributed by atoms with Crippen LogP contribution in [-0.2, 0) is 16.0 Å². The molecule has 1 unspecified atom stereocenters. The monoisotopic (exact) mass is 455 g/mol. The van der Waals surface area contributed by atoms with E-state index in [1.165, 1.54) is 13.0 Å². The summed E-state index contributed by atoms with van der Waals surface area (Å²) in [6, 6.07) is 10.9. The van der Waals surface area contributed by atoms with Crippen molar-refractivity contribution in [3.63, 3.8) is 0 Å². The lowest BCUT2D eigenvalue weighted by Crippen LogP contribution is -2.23. The molecular weight excluding hydrogens is 422 g/mol.